The molecule has 0 heterocycles. The molecule has 2 aliphatic carbocycles. The Hall–Kier alpha value is -0.860. The van der Waals surface area contributed by atoms with Gasteiger partial charge in [0.15, 0.2) is 0 Å². The van der Waals surface area contributed by atoms with Gasteiger partial charge in [0.05, 0.1) is 0 Å². The first-order chi connectivity index (χ1) is 8.72. The van der Waals surface area contributed by atoms with Crippen molar-refractivity contribution in [2.75, 3.05) is 0 Å². The van der Waals surface area contributed by atoms with Crippen LogP contribution in [0.25, 0.3) is 0 Å². The van der Waals surface area contributed by atoms with E-state index >= 15 is 0 Å². The summed E-state index contributed by atoms with van der Waals surface area (Å²) in [4.78, 5) is 0. The Morgan fingerprint density at radius 2 is 1.89 bits per heavy atom. The average Bonchev–Trinajstić information content (AvgIpc) is 2.36. The van der Waals surface area contributed by atoms with Gasteiger partial charge in [-0.1, -0.05) is 18.2 Å². The standard InChI is InChI=1S/C16H24N2/c1-11(18-16-9-15(17)10-16)13-7-6-12-4-2-3-5-14(12)8-13/h6-8,11,15-16,18H,2-5,9-10,17H2,1H3. The smallest absolute Gasteiger partial charge is 0.0294 e. The first-order valence-corrected chi connectivity index (χ1v) is 7.35. The summed E-state index contributed by atoms with van der Waals surface area (Å²) in [6, 6.07) is 8.58. The second-order valence-corrected chi connectivity index (χ2v) is 6.05. The Bertz CT molecular complexity index is 421. The molecule has 2 heteroatoms. The number of rotatable bonds is 3. The van der Waals surface area contributed by atoms with Gasteiger partial charge in [-0.2, -0.15) is 0 Å². The maximum atomic E-state index is 5.83. The molecule has 0 aromatic heterocycles. The Labute approximate surface area is 110 Å². The molecule has 1 aromatic carbocycles. The summed E-state index contributed by atoms with van der Waals surface area (Å²) >= 11 is 0. The minimum Gasteiger partial charge on any atom is -0.328 e. The van der Waals surface area contributed by atoms with Gasteiger partial charge in [0.2, 0.25) is 0 Å². The number of hydrogen-bond donors (Lipinski definition) is 2. The molecule has 0 spiro atoms. The van der Waals surface area contributed by atoms with E-state index < -0.39 is 0 Å². The quantitative estimate of drug-likeness (QED) is 0.858. The Morgan fingerprint density at radius 3 is 2.61 bits per heavy atom. The van der Waals surface area contributed by atoms with Crippen LogP contribution in [-0.4, -0.2) is 12.1 Å². The van der Waals surface area contributed by atoms with Crippen molar-refractivity contribution in [2.45, 2.75) is 63.6 Å². The second kappa shape index (κ2) is 5.02. The van der Waals surface area contributed by atoms with Crippen LogP contribution in [-0.2, 0) is 12.8 Å². The lowest BCUT2D eigenvalue weighted by atomic mass is 9.86. The third kappa shape index (κ3) is 2.45. The summed E-state index contributed by atoms with van der Waals surface area (Å²) in [5.41, 5.74) is 10.4. The van der Waals surface area contributed by atoms with Gasteiger partial charge in [0.25, 0.3) is 0 Å². The minimum absolute atomic E-state index is 0.429. The van der Waals surface area contributed by atoms with Crippen molar-refractivity contribution in [1.29, 1.82) is 0 Å². The molecule has 1 fully saturated rings. The predicted octanol–water partition coefficient (Wildman–Crippen LogP) is 2.71. The van der Waals surface area contributed by atoms with Crippen LogP contribution in [0.3, 0.4) is 0 Å². The van der Waals surface area contributed by atoms with E-state index in [2.05, 4.69) is 30.4 Å². The van der Waals surface area contributed by atoms with E-state index in [-0.39, 0.29) is 0 Å². The van der Waals surface area contributed by atoms with Gasteiger partial charge in [-0.15, -0.1) is 0 Å². The summed E-state index contributed by atoms with van der Waals surface area (Å²) in [5.74, 6) is 0. The van der Waals surface area contributed by atoms with Crippen molar-refractivity contribution in [2.24, 2.45) is 5.73 Å². The van der Waals surface area contributed by atoms with E-state index in [1.54, 1.807) is 11.1 Å². The average molecular weight is 244 g/mol. The lowest BCUT2D eigenvalue weighted by molar-refractivity contribution is 0.272. The fraction of sp³-hybridized carbons (Fsp3) is 0.625. The molecule has 0 saturated heterocycles. The van der Waals surface area contributed by atoms with E-state index in [0.717, 1.165) is 12.8 Å². The zero-order chi connectivity index (χ0) is 12.5. The third-order valence-electron chi connectivity index (χ3n) is 4.53. The van der Waals surface area contributed by atoms with Crippen LogP contribution in [0.2, 0.25) is 0 Å². The fourth-order valence-electron chi connectivity index (χ4n) is 3.27. The highest BCUT2D eigenvalue weighted by molar-refractivity contribution is 5.35. The van der Waals surface area contributed by atoms with Crippen LogP contribution >= 0.6 is 0 Å². The fourth-order valence-corrected chi connectivity index (χ4v) is 3.27. The molecule has 2 aliphatic rings. The van der Waals surface area contributed by atoms with Crippen molar-refractivity contribution in [3.05, 3.63) is 34.9 Å². The van der Waals surface area contributed by atoms with Crippen LogP contribution in [0.4, 0.5) is 0 Å². The molecule has 3 N–H and O–H groups in total. The molecule has 98 valence electrons. The Kier molecular flexibility index (Phi) is 3.40. The monoisotopic (exact) mass is 244 g/mol. The summed E-state index contributed by atoms with van der Waals surface area (Å²) < 4.78 is 0. The van der Waals surface area contributed by atoms with Gasteiger partial charge in [-0.3, -0.25) is 0 Å². The van der Waals surface area contributed by atoms with E-state index in [9.17, 15) is 0 Å². The lowest BCUT2D eigenvalue weighted by Gasteiger charge is -2.35. The second-order valence-electron chi connectivity index (χ2n) is 6.05. The van der Waals surface area contributed by atoms with Gasteiger partial charge in [-0.05, 0) is 62.1 Å². The summed E-state index contributed by atoms with van der Waals surface area (Å²) in [5, 5.41) is 3.69. The highest BCUT2D eigenvalue weighted by Crippen LogP contribution is 2.26. The molecule has 18 heavy (non-hydrogen) atoms. The number of benzene rings is 1. The van der Waals surface area contributed by atoms with Crippen molar-refractivity contribution >= 4 is 0 Å². The van der Waals surface area contributed by atoms with Crippen molar-refractivity contribution in [3.63, 3.8) is 0 Å². The van der Waals surface area contributed by atoms with E-state index in [1.165, 1.54) is 31.2 Å². The number of fused-ring (bicyclic) bond motifs is 1. The van der Waals surface area contributed by atoms with Crippen LogP contribution in [0.1, 0.15) is 55.3 Å². The molecule has 1 saturated carbocycles. The maximum Gasteiger partial charge on any atom is 0.0294 e. The predicted molar refractivity (Wildman–Crippen MR) is 75.6 cm³/mol. The minimum atomic E-state index is 0.429. The van der Waals surface area contributed by atoms with Crippen LogP contribution < -0.4 is 11.1 Å². The zero-order valence-electron chi connectivity index (χ0n) is 11.3. The third-order valence-corrected chi connectivity index (χ3v) is 4.53. The lowest BCUT2D eigenvalue weighted by Crippen LogP contribution is -2.49. The van der Waals surface area contributed by atoms with Crippen LogP contribution in [0.5, 0.6) is 0 Å². The molecular weight excluding hydrogens is 220 g/mol. The molecule has 0 amide bonds. The van der Waals surface area contributed by atoms with Gasteiger partial charge < -0.3 is 11.1 Å². The number of nitrogens with two attached hydrogens (primary N) is 1. The number of hydrogen-bond acceptors (Lipinski definition) is 2. The topological polar surface area (TPSA) is 38.0 Å². The summed E-state index contributed by atoms with van der Waals surface area (Å²) in [6.07, 6.45) is 7.53. The summed E-state index contributed by atoms with van der Waals surface area (Å²) in [6.45, 7) is 2.27. The SMILES string of the molecule is CC(NC1CC(N)C1)c1ccc2c(c1)CCCC2. The number of nitrogens with one attached hydrogen (secondary N) is 1. The molecule has 1 unspecified atom stereocenters. The van der Waals surface area contributed by atoms with Crippen molar-refractivity contribution in [3.8, 4) is 0 Å². The molecule has 3 rings (SSSR count). The molecular formula is C16H24N2. The maximum absolute atomic E-state index is 5.83. The highest BCUT2D eigenvalue weighted by Gasteiger charge is 2.27. The molecule has 1 aromatic rings. The first-order valence-electron chi connectivity index (χ1n) is 7.35. The van der Waals surface area contributed by atoms with Crippen molar-refractivity contribution in [1.82, 2.24) is 5.32 Å². The molecule has 0 radical (unpaired) electrons. The highest BCUT2D eigenvalue weighted by atomic mass is 15.0. The van der Waals surface area contributed by atoms with Gasteiger partial charge in [0.1, 0.15) is 0 Å². The van der Waals surface area contributed by atoms with E-state index in [0.29, 0.717) is 18.1 Å². The van der Waals surface area contributed by atoms with Gasteiger partial charge in [-0.25, -0.2) is 0 Å². The molecule has 0 aliphatic heterocycles. The van der Waals surface area contributed by atoms with Crippen molar-refractivity contribution < 1.29 is 0 Å². The molecule has 2 nitrogen and oxygen atoms in total. The largest absolute Gasteiger partial charge is 0.328 e. The van der Waals surface area contributed by atoms with E-state index in [4.69, 9.17) is 5.73 Å². The Balaban J connectivity index is 1.67. The molecule has 1 atom stereocenters. The summed E-state index contributed by atoms with van der Waals surface area (Å²) in [7, 11) is 0. The normalized spacial score (nSPS) is 28.3. The van der Waals surface area contributed by atoms with Crippen LogP contribution in [0, 0.1) is 0 Å². The number of aryl methyl sites for hydroxylation is 2. The van der Waals surface area contributed by atoms with Crippen LogP contribution in [0.15, 0.2) is 18.2 Å². The van der Waals surface area contributed by atoms with Gasteiger partial charge in [0, 0.05) is 18.1 Å². The van der Waals surface area contributed by atoms with Gasteiger partial charge >= 0.3 is 0 Å². The zero-order valence-corrected chi connectivity index (χ0v) is 11.3. The first kappa shape index (κ1) is 12.2. The molecule has 0 bridgehead atoms. The van der Waals surface area contributed by atoms with E-state index in [1.807, 2.05) is 0 Å². The Morgan fingerprint density at radius 1 is 1.17 bits per heavy atom.